The molecular weight excluding hydrogens is 352 g/mol. The molecule has 0 saturated carbocycles. The van der Waals surface area contributed by atoms with Crippen LogP contribution in [0.5, 0.6) is 0 Å². The molecule has 2 heterocycles. The first-order valence-electron chi connectivity index (χ1n) is 5.72. The maximum Gasteiger partial charge on any atom is 0.227 e. The van der Waals surface area contributed by atoms with Gasteiger partial charge in [-0.2, -0.15) is 0 Å². The van der Waals surface area contributed by atoms with Crippen molar-refractivity contribution in [3.8, 4) is 0 Å². The average Bonchev–Trinajstić information content (AvgIpc) is 2.72. The molecule has 0 aliphatic carbocycles. The Hall–Kier alpha value is -0.590. The fourth-order valence-electron chi connectivity index (χ4n) is 1.94. The molecule has 1 amide bonds. The van der Waals surface area contributed by atoms with Crippen LogP contribution in [0.25, 0.3) is 0 Å². The summed E-state index contributed by atoms with van der Waals surface area (Å²) in [5, 5.41) is 0.459. The zero-order valence-corrected chi connectivity index (χ0v) is 13.4. The van der Waals surface area contributed by atoms with Crippen LogP contribution in [0.1, 0.15) is 13.3 Å². The van der Waals surface area contributed by atoms with Crippen LogP contribution in [-0.4, -0.2) is 28.3 Å². The van der Waals surface area contributed by atoms with Crippen molar-refractivity contribution in [2.75, 3.05) is 17.2 Å². The second-order valence-electron chi connectivity index (χ2n) is 4.34. The second-order valence-corrected chi connectivity index (χ2v) is 6.75. The Morgan fingerprint density at radius 2 is 2.42 bits per heavy atom. The van der Waals surface area contributed by atoms with Crippen LogP contribution in [0.2, 0.25) is 5.15 Å². The quantitative estimate of drug-likeness (QED) is 0.774. The van der Waals surface area contributed by atoms with Gasteiger partial charge >= 0.3 is 0 Å². The highest BCUT2D eigenvalue weighted by molar-refractivity contribution is 9.10. The van der Waals surface area contributed by atoms with Gasteiger partial charge in [-0.3, -0.25) is 9.59 Å². The molecule has 0 N–H and O–H groups in total. The number of carbonyl (C=O) groups excluding carboxylic acids is 2. The lowest BCUT2D eigenvalue weighted by Crippen LogP contribution is -2.24. The number of nitrogens with zero attached hydrogens (tertiary/aromatic N) is 2. The van der Waals surface area contributed by atoms with Gasteiger partial charge in [0.15, 0.2) is 5.12 Å². The molecule has 1 atom stereocenters. The molecule has 4 nitrogen and oxygen atoms in total. The van der Waals surface area contributed by atoms with E-state index in [0.29, 0.717) is 28.3 Å². The number of amides is 1. The highest BCUT2D eigenvalue weighted by Crippen LogP contribution is 2.30. The summed E-state index contributed by atoms with van der Waals surface area (Å²) >= 11 is 10.4. The van der Waals surface area contributed by atoms with Crippen molar-refractivity contribution in [1.29, 1.82) is 0 Å². The van der Waals surface area contributed by atoms with Crippen LogP contribution in [0.4, 0.5) is 5.69 Å². The lowest BCUT2D eigenvalue weighted by atomic mass is 10.1. The molecule has 19 heavy (non-hydrogen) atoms. The van der Waals surface area contributed by atoms with E-state index in [1.807, 2.05) is 0 Å². The molecule has 1 unspecified atom stereocenters. The van der Waals surface area contributed by atoms with E-state index in [1.165, 1.54) is 11.8 Å². The number of carbonyl (C=O) groups is 2. The van der Waals surface area contributed by atoms with Crippen molar-refractivity contribution in [1.82, 2.24) is 4.98 Å². The van der Waals surface area contributed by atoms with E-state index < -0.39 is 0 Å². The van der Waals surface area contributed by atoms with Crippen molar-refractivity contribution in [2.45, 2.75) is 13.3 Å². The van der Waals surface area contributed by atoms with Crippen LogP contribution >= 0.6 is 39.3 Å². The van der Waals surface area contributed by atoms with Gasteiger partial charge in [-0.15, -0.1) is 0 Å². The van der Waals surface area contributed by atoms with Gasteiger partial charge in [-0.05, 0) is 27.9 Å². The fraction of sp³-hybridized carbons (Fsp3) is 0.417. The molecule has 1 aliphatic heterocycles. The number of hydrogen-bond acceptors (Lipinski definition) is 4. The van der Waals surface area contributed by atoms with Crippen molar-refractivity contribution >= 4 is 56.0 Å². The molecule has 1 aliphatic rings. The third-order valence-corrected chi connectivity index (χ3v) is 5.00. The summed E-state index contributed by atoms with van der Waals surface area (Å²) in [7, 11) is 0. The number of thioether (sulfide) groups is 1. The topological polar surface area (TPSA) is 50.3 Å². The summed E-state index contributed by atoms with van der Waals surface area (Å²) < 4.78 is 0.668. The number of aromatic nitrogens is 1. The van der Waals surface area contributed by atoms with Gasteiger partial charge in [0.1, 0.15) is 5.15 Å². The molecule has 1 aromatic rings. The molecule has 0 spiro atoms. The van der Waals surface area contributed by atoms with Gasteiger partial charge in [0.25, 0.3) is 0 Å². The molecule has 2 rings (SSSR count). The highest BCUT2D eigenvalue weighted by atomic mass is 79.9. The minimum atomic E-state index is 0.0603. The molecule has 7 heteroatoms. The third-order valence-electron chi connectivity index (χ3n) is 2.82. The van der Waals surface area contributed by atoms with Crippen LogP contribution < -0.4 is 4.90 Å². The van der Waals surface area contributed by atoms with E-state index in [2.05, 4.69) is 20.9 Å². The van der Waals surface area contributed by atoms with E-state index in [4.69, 9.17) is 11.6 Å². The number of pyridine rings is 1. The van der Waals surface area contributed by atoms with Crippen LogP contribution in [0.15, 0.2) is 16.7 Å². The van der Waals surface area contributed by atoms with E-state index in [1.54, 1.807) is 24.1 Å². The number of anilines is 1. The van der Waals surface area contributed by atoms with E-state index in [9.17, 15) is 9.59 Å². The predicted molar refractivity (Wildman–Crippen MR) is 80.5 cm³/mol. The van der Waals surface area contributed by atoms with Gasteiger partial charge in [0, 0.05) is 25.6 Å². The Balaban J connectivity index is 2.07. The smallest absolute Gasteiger partial charge is 0.227 e. The SMILES string of the molecule is CC(=O)SCC1CC(=O)N(c2cnc(Cl)c(Br)c2)C1. The van der Waals surface area contributed by atoms with Gasteiger partial charge in [-0.25, -0.2) is 4.98 Å². The molecule has 0 aromatic carbocycles. The Bertz CT molecular complexity index is 526. The standard InChI is InChI=1S/C12H12BrClN2O2S/c1-7(17)19-6-8-2-11(18)16(5-8)9-3-10(13)12(14)15-4-9/h3-4,8H,2,5-6H2,1H3. The van der Waals surface area contributed by atoms with Gasteiger partial charge < -0.3 is 4.90 Å². The first kappa shape index (κ1) is 14.8. The Kier molecular flexibility index (Phi) is 4.86. The largest absolute Gasteiger partial charge is 0.311 e. The van der Waals surface area contributed by atoms with Crippen LogP contribution in [0.3, 0.4) is 0 Å². The van der Waals surface area contributed by atoms with E-state index >= 15 is 0 Å². The van der Waals surface area contributed by atoms with Crippen LogP contribution in [0, 0.1) is 5.92 Å². The zero-order valence-electron chi connectivity index (χ0n) is 10.2. The Morgan fingerprint density at radius 1 is 1.68 bits per heavy atom. The van der Waals surface area contributed by atoms with Gasteiger partial charge in [-0.1, -0.05) is 23.4 Å². The van der Waals surface area contributed by atoms with E-state index in [0.717, 1.165) is 5.69 Å². The zero-order chi connectivity index (χ0) is 14.0. The average molecular weight is 364 g/mol. The molecule has 1 aromatic heterocycles. The molecule has 1 fully saturated rings. The van der Waals surface area contributed by atoms with Crippen molar-refractivity contribution < 1.29 is 9.59 Å². The molecule has 0 radical (unpaired) electrons. The Morgan fingerprint density at radius 3 is 3.05 bits per heavy atom. The van der Waals surface area contributed by atoms with Gasteiger partial charge in [0.2, 0.25) is 5.91 Å². The third kappa shape index (κ3) is 3.70. The molecule has 1 saturated heterocycles. The predicted octanol–water partition coefficient (Wildman–Crippen LogP) is 3.13. The maximum atomic E-state index is 12.0. The number of rotatable bonds is 3. The lowest BCUT2D eigenvalue weighted by Gasteiger charge is -2.16. The first-order valence-corrected chi connectivity index (χ1v) is 7.88. The minimum absolute atomic E-state index is 0.0603. The van der Waals surface area contributed by atoms with Gasteiger partial charge in [0.05, 0.1) is 16.4 Å². The second kappa shape index (κ2) is 6.24. The summed E-state index contributed by atoms with van der Waals surface area (Å²) in [5.41, 5.74) is 0.733. The fourth-order valence-corrected chi connectivity index (χ4v) is 3.07. The number of hydrogen-bond donors (Lipinski definition) is 0. The summed E-state index contributed by atoms with van der Waals surface area (Å²) in [4.78, 5) is 28.6. The summed E-state index contributed by atoms with van der Waals surface area (Å²) in [6.45, 7) is 2.16. The lowest BCUT2D eigenvalue weighted by molar-refractivity contribution is -0.117. The highest BCUT2D eigenvalue weighted by Gasteiger charge is 2.31. The van der Waals surface area contributed by atoms with Crippen molar-refractivity contribution in [2.24, 2.45) is 5.92 Å². The molecule has 0 bridgehead atoms. The summed E-state index contributed by atoms with van der Waals surface area (Å²) in [6, 6.07) is 1.79. The monoisotopic (exact) mass is 362 g/mol. The van der Waals surface area contributed by atoms with Crippen LogP contribution in [-0.2, 0) is 9.59 Å². The summed E-state index contributed by atoms with van der Waals surface area (Å²) in [5.74, 6) is 0.945. The van der Waals surface area contributed by atoms with Crippen molar-refractivity contribution in [3.63, 3.8) is 0 Å². The minimum Gasteiger partial charge on any atom is -0.311 e. The maximum absolute atomic E-state index is 12.0. The number of halogens is 2. The molecular formula is C12H12BrClN2O2S. The Labute approximate surface area is 129 Å². The van der Waals surface area contributed by atoms with E-state index in [-0.39, 0.29) is 16.9 Å². The molecule has 102 valence electrons. The summed E-state index contributed by atoms with van der Waals surface area (Å²) in [6.07, 6.45) is 2.06. The first-order chi connectivity index (χ1) is 8.97. The van der Waals surface area contributed by atoms with Crippen molar-refractivity contribution in [3.05, 3.63) is 21.9 Å². The normalized spacial score (nSPS) is 19.0.